The topological polar surface area (TPSA) is 39.1 Å². The minimum atomic E-state index is 0.778. The predicted octanol–water partition coefficient (Wildman–Crippen LogP) is 2.58. The summed E-state index contributed by atoms with van der Waals surface area (Å²) >= 11 is 3.62. The summed E-state index contributed by atoms with van der Waals surface area (Å²) in [6.07, 6.45) is 0. The van der Waals surface area contributed by atoms with E-state index < -0.39 is 0 Å². The molecule has 0 saturated heterocycles. The molecule has 2 aromatic rings. The van der Waals surface area contributed by atoms with Crippen molar-refractivity contribution in [1.82, 2.24) is 15.1 Å². The second kappa shape index (κ2) is 5.54. The van der Waals surface area contributed by atoms with Gasteiger partial charge in [0.1, 0.15) is 11.4 Å². The first-order chi connectivity index (χ1) is 8.67. The van der Waals surface area contributed by atoms with Crippen LogP contribution in [-0.4, -0.2) is 23.9 Å². The molecule has 0 unspecified atom stereocenters. The number of nitrogens with one attached hydrogen (secondary N) is 1. The maximum absolute atomic E-state index is 5.16. The van der Waals surface area contributed by atoms with Gasteiger partial charge in [-0.1, -0.05) is 0 Å². The van der Waals surface area contributed by atoms with Gasteiger partial charge in [-0.15, -0.1) is 0 Å². The minimum absolute atomic E-state index is 0.778. The van der Waals surface area contributed by atoms with E-state index >= 15 is 0 Å². The standard InChI is InChI=1S/C13H16BrN3O/c1-15-8-11-12(14)13(16-17(11)2)9-4-6-10(18-3)7-5-9/h4-7,15H,8H2,1-3H3. The number of rotatable bonds is 4. The Balaban J connectivity index is 2.40. The Kier molecular flexibility index (Phi) is 4.04. The van der Waals surface area contributed by atoms with Crippen LogP contribution in [0, 0.1) is 0 Å². The number of aryl methyl sites for hydroxylation is 1. The summed E-state index contributed by atoms with van der Waals surface area (Å²) in [7, 11) is 5.54. The summed E-state index contributed by atoms with van der Waals surface area (Å²) in [5.74, 6) is 0.848. The number of aromatic nitrogens is 2. The maximum Gasteiger partial charge on any atom is 0.118 e. The molecule has 1 aromatic carbocycles. The molecule has 18 heavy (non-hydrogen) atoms. The van der Waals surface area contributed by atoms with Crippen molar-refractivity contribution >= 4 is 15.9 Å². The molecule has 0 aliphatic rings. The summed E-state index contributed by atoms with van der Waals surface area (Å²) in [6, 6.07) is 7.90. The van der Waals surface area contributed by atoms with Gasteiger partial charge in [-0.3, -0.25) is 4.68 Å². The molecule has 5 heteroatoms. The van der Waals surface area contributed by atoms with Gasteiger partial charge in [0, 0.05) is 19.2 Å². The first-order valence-electron chi connectivity index (χ1n) is 5.67. The van der Waals surface area contributed by atoms with Gasteiger partial charge in [-0.05, 0) is 47.2 Å². The van der Waals surface area contributed by atoms with E-state index in [2.05, 4.69) is 26.3 Å². The van der Waals surface area contributed by atoms with E-state index in [-0.39, 0.29) is 0 Å². The zero-order valence-electron chi connectivity index (χ0n) is 10.7. The number of benzene rings is 1. The Morgan fingerprint density at radius 3 is 2.56 bits per heavy atom. The van der Waals surface area contributed by atoms with Gasteiger partial charge in [0.05, 0.1) is 17.3 Å². The molecule has 0 aliphatic heterocycles. The zero-order valence-corrected chi connectivity index (χ0v) is 12.3. The third-order valence-corrected chi connectivity index (χ3v) is 3.64. The summed E-state index contributed by atoms with van der Waals surface area (Å²) in [6.45, 7) is 0.778. The van der Waals surface area contributed by atoms with Crippen molar-refractivity contribution < 1.29 is 4.74 Å². The second-order valence-corrected chi connectivity index (χ2v) is 4.78. The van der Waals surface area contributed by atoms with Crippen LogP contribution in [0.15, 0.2) is 28.7 Å². The fourth-order valence-electron chi connectivity index (χ4n) is 1.83. The van der Waals surface area contributed by atoms with Gasteiger partial charge < -0.3 is 10.1 Å². The number of hydrogen-bond donors (Lipinski definition) is 1. The van der Waals surface area contributed by atoms with Crippen molar-refractivity contribution in [3.05, 3.63) is 34.4 Å². The van der Waals surface area contributed by atoms with Crippen molar-refractivity contribution in [2.24, 2.45) is 7.05 Å². The molecular weight excluding hydrogens is 294 g/mol. The Hall–Kier alpha value is -1.33. The van der Waals surface area contributed by atoms with Crippen LogP contribution >= 0.6 is 15.9 Å². The first-order valence-corrected chi connectivity index (χ1v) is 6.47. The van der Waals surface area contributed by atoms with E-state index in [1.165, 1.54) is 0 Å². The van der Waals surface area contributed by atoms with E-state index in [1.807, 2.05) is 43.0 Å². The molecular formula is C13H16BrN3O. The molecule has 0 fully saturated rings. The van der Waals surface area contributed by atoms with Gasteiger partial charge in [0.2, 0.25) is 0 Å². The van der Waals surface area contributed by atoms with Crippen LogP contribution in [0.5, 0.6) is 5.75 Å². The molecule has 96 valence electrons. The average molecular weight is 310 g/mol. The fraction of sp³-hybridized carbons (Fsp3) is 0.308. The highest BCUT2D eigenvalue weighted by atomic mass is 79.9. The van der Waals surface area contributed by atoms with Crippen LogP contribution in [0.3, 0.4) is 0 Å². The smallest absolute Gasteiger partial charge is 0.118 e. The summed E-state index contributed by atoms with van der Waals surface area (Å²) in [5, 5.41) is 7.68. The van der Waals surface area contributed by atoms with Gasteiger partial charge >= 0.3 is 0 Å². The largest absolute Gasteiger partial charge is 0.497 e. The lowest BCUT2D eigenvalue weighted by Crippen LogP contribution is -2.10. The maximum atomic E-state index is 5.16. The van der Waals surface area contributed by atoms with Crippen LogP contribution in [0.25, 0.3) is 11.3 Å². The molecule has 2 rings (SSSR count). The monoisotopic (exact) mass is 309 g/mol. The number of methoxy groups -OCH3 is 1. The summed E-state index contributed by atoms with van der Waals surface area (Å²) in [4.78, 5) is 0. The highest BCUT2D eigenvalue weighted by Gasteiger charge is 2.14. The highest BCUT2D eigenvalue weighted by molar-refractivity contribution is 9.10. The third kappa shape index (κ3) is 2.42. The minimum Gasteiger partial charge on any atom is -0.497 e. The van der Waals surface area contributed by atoms with E-state index in [1.54, 1.807) is 7.11 Å². The SMILES string of the molecule is CNCc1c(Br)c(-c2ccc(OC)cc2)nn1C. The molecule has 0 spiro atoms. The van der Waals surface area contributed by atoms with E-state index in [0.717, 1.165) is 33.7 Å². The van der Waals surface area contributed by atoms with Crippen LogP contribution in [-0.2, 0) is 13.6 Å². The second-order valence-electron chi connectivity index (χ2n) is 3.99. The summed E-state index contributed by atoms with van der Waals surface area (Å²) < 4.78 is 8.08. The highest BCUT2D eigenvalue weighted by Crippen LogP contribution is 2.31. The molecule has 0 bridgehead atoms. The molecule has 0 aliphatic carbocycles. The lowest BCUT2D eigenvalue weighted by atomic mass is 10.1. The van der Waals surface area contributed by atoms with E-state index in [0.29, 0.717) is 0 Å². The molecule has 0 radical (unpaired) electrons. The van der Waals surface area contributed by atoms with Gasteiger partial charge in [0.15, 0.2) is 0 Å². The molecule has 0 saturated carbocycles. The quantitative estimate of drug-likeness (QED) is 0.943. The van der Waals surface area contributed by atoms with Gasteiger partial charge in [-0.25, -0.2) is 0 Å². The van der Waals surface area contributed by atoms with E-state index in [9.17, 15) is 0 Å². The van der Waals surface area contributed by atoms with Gasteiger partial charge in [0.25, 0.3) is 0 Å². The molecule has 1 heterocycles. The third-order valence-electron chi connectivity index (χ3n) is 2.81. The average Bonchev–Trinajstić information content (AvgIpc) is 2.67. The van der Waals surface area contributed by atoms with Crippen molar-refractivity contribution in [2.45, 2.75) is 6.54 Å². The Morgan fingerprint density at radius 2 is 2.00 bits per heavy atom. The lowest BCUT2D eigenvalue weighted by Gasteiger charge is -2.02. The van der Waals surface area contributed by atoms with Crippen LogP contribution < -0.4 is 10.1 Å². The van der Waals surface area contributed by atoms with Crippen molar-refractivity contribution in [2.75, 3.05) is 14.2 Å². The van der Waals surface area contributed by atoms with Crippen molar-refractivity contribution in [1.29, 1.82) is 0 Å². The van der Waals surface area contributed by atoms with Crippen molar-refractivity contribution in [3.8, 4) is 17.0 Å². The number of nitrogens with zero attached hydrogens (tertiary/aromatic N) is 2. The van der Waals surface area contributed by atoms with Crippen LogP contribution in [0.2, 0.25) is 0 Å². The molecule has 1 aromatic heterocycles. The fourth-order valence-corrected chi connectivity index (χ4v) is 2.53. The first kappa shape index (κ1) is 13.1. The number of hydrogen-bond acceptors (Lipinski definition) is 3. The van der Waals surface area contributed by atoms with Gasteiger partial charge in [-0.2, -0.15) is 5.10 Å². The molecule has 0 amide bonds. The van der Waals surface area contributed by atoms with Crippen LogP contribution in [0.1, 0.15) is 5.69 Å². The number of halogens is 1. The normalized spacial score (nSPS) is 10.7. The molecule has 4 nitrogen and oxygen atoms in total. The molecule has 1 N–H and O–H groups in total. The Morgan fingerprint density at radius 1 is 1.33 bits per heavy atom. The number of ether oxygens (including phenoxy) is 1. The van der Waals surface area contributed by atoms with Crippen molar-refractivity contribution in [3.63, 3.8) is 0 Å². The van der Waals surface area contributed by atoms with Crippen LogP contribution in [0.4, 0.5) is 0 Å². The summed E-state index contributed by atoms with van der Waals surface area (Å²) in [5.41, 5.74) is 3.15. The Bertz CT molecular complexity index is 534. The zero-order chi connectivity index (χ0) is 13.1. The predicted molar refractivity (Wildman–Crippen MR) is 75.7 cm³/mol. The Labute approximate surface area is 115 Å². The molecule has 0 atom stereocenters. The lowest BCUT2D eigenvalue weighted by molar-refractivity contribution is 0.415. The van der Waals surface area contributed by atoms with E-state index in [4.69, 9.17) is 4.74 Å².